The summed E-state index contributed by atoms with van der Waals surface area (Å²) in [5.74, 6) is -3.14. The Morgan fingerprint density at radius 1 is 1.08 bits per heavy atom. The molecule has 0 aliphatic heterocycles. The topological polar surface area (TPSA) is 0 Å². The number of hydrogen-bond donors (Lipinski definition) is 0. The molecule has 0 bridgehead atoms. The SMILES string of the molecule is Cc1ccc(F)c(C(F)(F)F)c1F. The van der Waals surface area contributed by atoms with Crippen molar-refractivity contribution in [3.8, 4) is 0 Å². The van der Waals surface area contributed by atoms with Crippen LogP contribution in [0.1, 0.15) is 11.1 Å². The fourth-order valence-electron chi connectivity index (χ4n) is 0.917. The molecule has 0 heterocycles. The van der Waals surface area contributed by atoms with Gasteiger partial charge in [-0.3, -0.25) is 0 Å². The zero-order valence-corrected chi connectivity index (χ0v) is 6.54. The summed E-state index contributed by atoms with van der Waals surface area (Å²) in [7, 11) is 0. The zero-order valence-electron chi connectivity index (χ0n) is 6.54. The van der Waals surface area contributed by atoms with Gasteiger partial charge < -0.3 is 0 Å². The molecule has 0 aliphatic carbocycles. The predicted molar refractivity (Wildman–Crippen MR) is 36.1 cm³/mol. The van der Waals surface area contributed by atoms with E-state index in [0.717, 1.165) is 13.0 Å². The summed E-state index contributed by atoms with van der Waals surface area (Å²) >= 11 is 0. The van der Waals surface area contributed by atoms with Crippen LogP contribution in [0.15, 0.2) is 12.1 Å². The van der Waals surface area contributed by atoms with E-state index in [4.69, 9.17) is 0 Å². The van der Waals surface area contributed by atoms with Crippen molar-refractivity contribution in [2.75, 3.05) is 0 Å². The van der Waals surface area contributed by atoms with Gasteiger partial charge in [-0.25, -0.2) is 8.78 Å². The second-order valence-corrected chi connectivity index (χ2v) is 2.55. The Bertz CT molecular complexity index is 326. The summed E-state index contributed by atoms with van der Waals surface area (Å²) in [6.07, 6.45) is -4.99. The molecule has 1 aromatic rings. The zero-order chi connectivity index (χ0) is 10.2. The molecule has 0 aliphatic rings. The van der Waals surface area contributed by atoms with Crippen molar-refractivity contribution in [3.05, 3.63) is 34.9 Å². The van der Waals surface area contributed by atoms with E-state index in [1.54, 1.807) is 0 Å². The lowest BCUT2D eigenvalue weighted by Crippen LogP contribution is -2.12. The van der Waals surface area contributed by atoms with E-state index < -0.39 is 23.4 Å². The second-order valence-electron chi connectivity index (χ2n) is 2.55. The Labute approximate surface area is 71.0 Å². The molecule has 0 amide bonds. The maximum atomic E-state index is 12.8. The van der Waals surface area contributed by atoms with Gasteiger partial charge in [-0.1, -0.05) is 6.07 Å². The molecule has 0 saturated carbocycles. The van der Waals surface area contributed by atoms with Crippen LogP contribution in [0.4, 0.5) is 22.0 Å². The molecule has 0 fully saturated rings. The lowest BCUT2D eigenvalue weighted by atomic mass is 10.1. The predicted octanol–water partition coefficient (Wildman–Crippen LogP) is 3.29. The van der Waals surface area contributed by atoms with E-state index in [1.807, 2.05) is 0 Å². The molecule has 0 unspecified atom stereocenters. The van der Waals surface area contributed by atoms with E-state index in [0.29, 0.717) is 6.07 Å². The van der Waals surface area contributed by atoms with E-state index in [2.05, 4.69) is 0 Å². The minimum absolute atomic E-state index is 0.228. The van der Waals surface area contributed by atoms with Crippen molar-refractivity contribution in [3.63, 3.8) is 0 Å². The van der Waals surface area contributed by atoms with Crippen LogP contribution in [0, 0.1) is 18.6 Å². The smallest absolute Gasteiger partial charge is 0.206 e. The van der Waals surface area contributed by atoms with Gasteiger partial charge in [-0.2, -0.15) is 13.2 Å². The molecule has 0 saturated heterocycles. The second kappa shape index (κ2) is 2.97. The maximum Gasteiger partial charge on any atom is 0.422 e. The van der Waals surface area contributed by atoms with Crippen LogP contribution in [0.5, 0.6) is 0 Å². The van der Waals surface area contributed by atoms with Gasteiger partial charge in [0, 0.05) is 0 Å². The highest BCUT2D eigenvalue weighted by molar-refractivity contribution is 5.28. The largest absolute Gasteiger partial charge is 0.422 e. The fraction of sp³-hybridized carbons (Fsp3) is 0.250. The first-order valence-electron chi connectivity index (χ1n) is 3.36. The molecule has 0 N–H and O–H groups in total. The molecule has 0 aromatic heterocycles. The van der Waals surface area contributed by atoms with Gasteiger partial charge in [0.1, 0.15) is 17.2 Å². The standard InChI is InChI=1S/C8H5F5/c1-4-2-3-5(9)6(7(4)10)8(11,12)13/h2-3H,1H3. The normalized spacial score (nSPS) is 11.8. The van der Waals surface area contributed by atoms with E-state index in [9.17, 15) is 22.0 Å². The molecule has 13 heavy (non-hydrogen) atoms. The number of halogens is 5. The minimum atomic E-state index is -4.99. The Morgan fingerprint density at radius 2 is 1.62 bits per heavy atom. The number of rotatable bonds is 0. The Morgan fingerprint density at radius 3 is 2.00 bits per heavy atom. The third-order valence-corrected chi connectivity index (χ3v) is 1.57. The highest BCUT2D eigenvalue weighted by atomic mass is 19.4. The molecule has 0 atom stereocenters. The third kappa shape index (κ3) is 1.79. The molecule has 1 rings (SSSR count). The lowest BCUT2D eigenvalue weighted by molar-refractivity contribution is -0.142. The molecular weight excluding hydrogens is 191 g/mol. The van der Waals surface area contributed by atoms with Crippen LogP contribution in [0.3, 0.4) is 0 Å². The number of hydrogen-bond acceptors (Lipinski definition) is 0. The molecule has 5 heteroatoms. The quantitative estimate of drug-likeness (QED) is 0.558. The third-order valence-electron chi connectivity index (χ3n) is 1.57. The van der Waals surface area contributed by atoms with Crippen molar-refractivity contribution in [2.24, 2.45) is 0 Å². The number of benzene rings is 1. The summed E-state index contributed by atoms with van der Waals surface area (Å²) in [4.78, 5) is 0. The van der Waals surface area contributed by atoms with E-state index >= 15 is 0 Å². The van der Waals surface area contributed by atoms with Crippen LogP contribution in [-0.4, -0.2) is 0 Å². The van der Waals surface area contributed by atoms with E-state index in [1.165, 1.54) is 0 Å². The first kappa shape index (κ1) is 9.95. The van der Waals surface area contributed by atoms with Gasteiger partial charge in [0.15, 0.2) is 0 Å². The molecule has 1 aromatic carbocycles. The van der Waals surface area contributed by atoms with Gasteiger partial charge in [-0.15, -0.1) is 0 Å². The highest BCUT2D eigenvalue weighted by Crippen LogP contribution is 2.34. The summed E-state index contributed by atoms with van der Waals surface area (Å²) in [5, 5.41) is 0. The molecule has 72 valence electrons. The van der Waals surface area contributed by atoms with Crippen LogP contribution in [0.25, 0.3) is 0 Å². The average molecular weight is 196 g/mol. The highest BCUT2D eigenvalue weighted by Gasteiger charge is 2.38. The summed E-state index contributed by atoms with van der Waals surface area (Å²) in [5.41, 5.74) is -2.05. The summed E-state index contributed by atoms with van der Waals surface area (Å²) in [6.45, 7) is 1.14. The molecule has 0 radical (unpaired) electrons. The van der Waals surface area contributed by atoms with Gasteiger partial charge in [0.25, 0.3) is 0 Å². The Kier molecular flexibility index (Phi) is 2.28. The monoisotopic (exact) mass is 196 g/mol. The van der Waals surface area contributed by atoms with Crippen molar-refractivity contribution >= 4 is 0 Å². The van der Waals surface area contributed by atoms with Gasteiger partial charge in [-0.05, 0) is 18.6 Å². The average Bonchev–Trinajstić information content (AvgIpc) is 1.95. The first-order valence-corrected chi connectivity index (χ1v) is 3.36. The first-order chi connectivity index (χ1) is 5.84. The van der Waals surface area contributed by atoms with Crippen molar-refractivity contribution in [1.82, 2.24) is 0 Å². The van der Waals surface area contributed by atoms with Crippen molar-refractivity contribution in [2.45, 2.75) is 13.1 Å². The Balaban J connectivity index is 3.43. The summed E-state index contributed by atoms with van der Waals surface area (Å²) in [6, 6.07) is 1.56. The van der Waals surface area contributed by atoms with Gasteiger partial charge in [0.2, 0.25) is 0 Å². The van der Waals surface area contributed by atoms with Gasteiger partial charge in [0.05, 0.1) is 0 Å². The van der Waals surface area contributed by atoms with Crippen LogP contribution < -0.4 is 0 Å². The number of aryl methyl sites for hydroxylation is 1. The van der Waals surface area contributed by atoms with E-state index in [-0.39, 0.29) is 5.56 Å². The minimum Gasteiger partial charge on any atom is -0.206 e. The van der Waals surface area contributed by atoms with Crippen molar-refractivity contribution < 1.29 is 22.0 Å². The Hall–Kier alpha value is -1.13. The van der Waals surface area contributed by atoms with Crippen LogP contribution in [0.2, 0.25) is 0 Å². The fourth-order valence-corrected chi connectivity index (χ4v) is 0.917. The lowest BCUT2D eigenvalue weighted by Gasteiger charge is -2.09. The number of alkyl halides is 3. The molecule has 0 nitrogen and oxygen atoms in total. The molecular formula is C8H5F5. The van der Waals surface area contributed by atoms with Crippen LogP contribution >= 0.6 is 0 Å². The van der Waals surface area contributed by atoms with Gasteiger partial charge >= 0.3 is 6.18 Å². The summed E-state index contributed by atoms with van der Waals surface area (Å²) < 4.78 is 61.4. The van der Waals surface area contributed by atoms with Crippen LogP contribution in [-0.2, 0) is 6.18 Å². The van der Waals surface area contributed by atoms with Crippen molar-refractivity contribution in [1.29, 1.82) is 0 Å². The maximum absolute atomic E-state index is 12.8. The molecule has 0 spiro atoms.